The highest BCUT2D eigenvalue weighted by molar-refractivity contribution is 7.89. The minimum Gasteiger partial charge on any atom is -0.497 e. The number of aromatic nitrogens is 1. The van der Waals surface area contributed by atoms with Crippen LogP contribution in [-0.4, -0.2) is 44.0 Å². The zero-order chi connectivity index (χ0) is 18.1. The maximum absolute atomic E-state index is 12.6. The Morgan fingerprint density at radius 1 is 1.00 bits per heavy atom. The predicted molar refractivity (Wildman–Crippen MR) is 97.9 cm³/mol. The van der Waals surface area contributed by atoms with Crippen LogP contribution in [0.15, 0.2) is 65.6 Å². The van der Waals surface area contributed by atoms with Crippen LogP contribution in [0.25, 0.3) is 10.9 Å². The van der Waals surface area contributed by atoms with E-state index >= 15 is 0 Å². The largest absolute Gasteiger partial charge is 0.497 e. The standard InChI is InChI=1S/C19H18N2O4S/c1-24-15-7-9-17(10-8-15)26(22,23)21-12-16(13-21)25-19-11-6-14-4-2-3-5-18(14)20-19/h2-11,16H,12-13H2,1H3. The Kier molecular flexibility index (Phi) is 4.26. The molecule has 6 nitrogen and oxygen atoms in total. The van der Waals surface area contributed by atoms with E-state index in [1.807, 2.05) is 36.4 Å². The first-order valence-electron chi connectivity index (χ1n) is 8.23. The van der Waals surface area contributed by atoms with Gasteiger partial charge in [-0.25, -0.2) is 13.4 Å². The first-order chi connectivity index (χ1) is 12.6. The third kappa shape index (κ3) is 3.11. The summed E-state index contributed by atoms with van der Waals surface area (Å²) < 4.78 is 37.5. The molecular formula is C19H18N2O4S. The van der Waals surface area contributed by atoms with Gasteiger partial charge in [0, 0.05) is 11.5 Å². The van der Waals surface area contributed by atoms with Gasteiger partial charge < -0.3 is 9.47 Å². The van der Waals surface area contributed by atoms with Gasteiger partial charge in [0.25, 0.3) is 0 Å². The second-order valence-corrected chi connectivity index (χ2v) is 8.02. The second kappa shape index (κ2) is 6.59. The number of methoxy groups -OCH3 is 1. The molecule has 0 spiro atoms. The molecule has 1 aromatic heterocycles. The third-order valence-electron chi connectivity index (χ3n) is 4.37. The van der Waals surface area contributed by atoms with E-state index in [0.29, 0.717) is 24.7 Å². The summed E-state index contributed by atoms with van der Waals surface area (Å²) in [5.41, 5.74) is 0.854. The van der Waals surface area contributed by atoms with Crippen LogP contribution in [0.3, 0.4) is 0 Å². The molecule has 0 unspecified atom stereocenters. The fraction of sp³-hybridized carbons (Fsp3) is 0.211. The molecular weight excluding hydrogens is 352 g/mol. The summed E-state index contributed by atoms with van der Waals surface area (Å²) in [4.78, 5) is 4.71. The van der Waals surface area contributed by atoms with Crippen molar-refractivity contribution >= 4 is 20.9 Å². The Labute approximate surface area is 152 Å². The van der Waals surface area contributed by atoms with Crippen LogP contribution < -0.4 is 9.47 Å². The summed E-state index contributed by atoms with van der Waals surface area (Å²) in [5.74, 6) is 1.13. The number of rotatable bonds is 5. The molecule has 2 heterocycles. The molecule has 0 aliphatic carbocycles. The van der Waals surface area contributed by atoms with E-state index in [0.717, 1.165) is 10.9 Å². The van der Waals surface area contributed by atoms with Gasteiger partial charge in [0.05, 0.1) is 30.6 Å². The van der Waals surface area contributed by atoms with Crippen LogP contribution in [0.2, 0.25) is 0 Å². The first kappa shape index (κ1) is 16.8. The Hall–Kier alpha value is -2.64. The number of para-hydroxylation sites is 1. The highest BCUT2D eigenvalue weighted by Crippen LogP contribution is 2.26. The lowest BCUT2D eigenvalue weighted by Crippen LogP contribution is -2.56. The lowest BCUT2D eigenvalue weighted by molar-refractivity contribution is 0.0724. The molecule has 1 saturated heterocycles. The van der Waals surface area contributed by atoms with Gasteiger partial charge in [-0.15, -0.1) is 0 Å². The number of hydrogen-bond acceptors (Lipinski definition) is 5. The smallest absolute Gasteiger partial charge is 0.243 e. The number of pyridine rings is 1. The van der Waals surface area contributed by atoms with Crippen molar-refractivity contribution in [3.05, 3.63) is 60.7 Å². The molecule has 7 heteroatoms. The van der Waals surface area contributed by atoms with E-state index in [9.17, 15) is 8.42 Å². The Bertz CT molecular complexity index is 1030. The minimum atomic E-state index is -3.51. The zero-order valence-electron chi connectivity index (χ0n) is 14.2. The van der Waals surface area contributed by atoms with Crippen LogP contribution in [0, 0.1) is 0 Å². The number of fused-ring (bicyclic) bond motifs is 1. The van der Waals surface area contributed by atoms with Crippen molar-refractivity contribution in [1.82, 2.24) is 9.29 Å². The molecule has 2 aromatic carbocycles. The van der Waals surface area contributed by atoms with Crippen molar-refractivity contribution < 1.29 is 17.9 Å². The van der Waals surface area contributed by atoms with Gasteiger partial charge in [-0.2, -0.15) is 4.31 Å². The maximum Gasteiger partial charge on any atom is 0.243 e. The van der Waals surface area contributed by atoms with E-state index < -0.39 is 10.0 Å². The molecule has 3 aromatic rings. The molecule has 26 heavy (non-hydrogen) atoms. The van der Waals surface area contributed by atoms with Crippen molar-refractivity contribution in [3.63, 3.8) is 0 Å². The summed E-state index contributed by atoms with van der Waals surface area (Å²) in [6.45, 7) is 0.617. The lowest BCUT2D eigenvalue weighted by atomic mass is 10.2. The fourth-order valence-corrected chi connectivity index (χ4v) is 4.36. The SMILES string of the molecule is COc1ccc(S(=O)(=O)N2CC(Oc3ccc4ccccc4n3)C2)cc1. The van der Waals surface area contributed by atoms with Crippen LogP contribution in [0.5, 0.6) is 11.6 Å². The number of nitrogens with zero attached hydrogens (tertiary/aromatic N) is 2. The normalized spacial score (nSPS) is 15.6. The zero-order valence-corrected chi connectivity index (χ0v) is 15.0. The highest BCUT2D eigenvalue weighted by atomic mass is 32.2. The molecule has 134 valence electrons. The van der Waals surface area contributed by atoms with Gasteiger partial charge in [0.15, 0.2) is 0 Å². The van der Waals surface area contributed by atoms with E-state index in [1.165, 1.54) is 4.31 Å². The number of hydrogen-bond donors (Lipinski definition) is 0. The molecule has 0 saturated carbocycles. The van der Waals surface area contributed by atoms with Crippen LogP contribution in [-0.2, 0) is 10.0 Å². The van der Waals surface area contributed by atoms with Gasteiger partial charge >= 0.3 is 0 Å². The predicted octanol–water partition coefficient (Wildman–Crippen LogP) is 2.70. The molecule has 1 fully saturated rings. The number of sulfonamides is 1. The Morgan fingerprint density at radius 3 is 2.46 bits per heavy atom. The summed E-state index contributed by atoms with van der Waals surface area (Å²) in [6.07, 6.45) is -0.198. The molecule has 0 amide bonds. The third-order valence-corrected chi connectivity index (χ3v) is 6.22. The lowest BCUT2D eigenvalue weighted by Gasteiger charge is -2.37. The Morgan fingerprint density at radius 2 is 1.73 bits per heavy atom. The van der Waals surface area contributed by atoms with Crippen molar-refractivity contribution in [2.45, 2.75) is 11.0 Å². The van der Waals surface area contributed by atoms with E-state index in [4.69, 9.17) is 9.47 Å². The van der Waals surface area contributed by atoms with Gasteiger partial charge in [-0.05, 0) is 36.4 Å². The quantitative estimate of drug-likeness (QED) is 0.691. The van der Waals surface area contributed by atoms with Gasteiger partial charge in [-0.1, -0.05) is 18.2 Å². The van der Waals surface area contributed by atoms with Gasteiger partial charge in [0.1, 0.15) is 11.9 Å². The van der Waals surface area contributed by atoms with E-state index in [-0.39, 0.29) is 11.0 Å². The molecule has 4 rings (SSSR count). The molecule has 0 N–H and O–H groups in total. The number of benzene rings is 2. The monoisotopic (exact) mass is 370 g/mol. The van der Waals surface area contributed by atoms with Gasteiger partial charge in [0.2, 0.25) is 15.9 Å². The Balaban J connectivity index is 1.42. The summed E-state index contributed by atoms with van der Waals surface area (Å²) in [7, 11) is -1.97. The van der Waals surface area contributed by atoms with Gasteiger partial charge in [-0.3, -0.25) is 0 Å². The topological polar surface area (TPSA) is 68.7 Å². The van der Waals surface area contributed by atoms with Crippen molar-refractivity contribution in [2.24, 2.45) is 0 Å². The van der Waals surface area contributed by atoms with Crippen molar-refractivity contribution in [1.29, 1.82) is 0 Å². The van der Waals surface area contributed by atoms with Crippen LogP contribution >= 0.6 is 0 Å². The van der Waals surface area contributed by atoms with E-state index in [2.05, 4.69) is 4.98 Å². The van der Waals surface area contributed by atoms with Crippen molar-refractivity contribution in [2.75, 3.05) is 20.2 Å². The highest BCUT2D eigenvalue weighted by Gasteiger charge is 2.38. The fourth-order valence-electron chi connectivity index (χ4n) is 2.85. The summed E-state index contributed by atoms with van der Waals surface area (Å²) >= 11 is 0. The maximum atomic E-state index is 12.6. The molecule has 0 radical (unpaired) electrons. The molecule has 1 aliphatic heterocycles. The van der Waals surface area contributed by atoms with Crippen molar-refractivity contribution in [3.8, 4) is 11.6 Å². The average Bonchev–Trinajstić information content (AvgIpc) is 2.64. The molecule has 1 aliphatic rings. The van der Waals surface area contributed by atoms with Crippen LogP contribution in [0.4, 0.5) is 0 Å². The van der Waals surface area contributed by atoms with Crippen LogP contribution in [0.1, 0.15) is 0 Å². The molecule has 0 atom stereocenters. The second-order valence-electron chi connectivity index (χ2n) is 6.08. The number of ether oxygens (including phenoxy) is 2. The first-order valence-corrected chi connectivity index (χ1v) is 9.67. The summed E-state index contributed by atoms with van der Waals surface area (Å²) in [5, 5.41) is 1.04. The molecule has 0 bridgehead atoms. The van der Waals surface area contributed by atoms with E-state index in [1.54, 1.807) is 31.4 Å². The minimum absolute atomic E-state index is 0.198. The summed E-state index contributed by atoms with van der Waals surface area (Å²) in [6, 6.07) is 17.9. The average molecular weight is 370 g/mol.